The average Bonchev–Trinajstić information content (AvgIpc) is 2.89. The lowest BCUT2D eigenvalue weighted by Crippen LogP contribution is -2.44. The zero-order valence-corrected chi connectivity index (χ0v) is 17.2. The van der Waals surface area contributed by atoms with Crippen molar-refractivity contribution in [3.63, 3.8) is 0 Å². The third kappa shape index (κ3) is 4.64. The first-order valence-corrected chi connectivity index (χ1v) is 10.1. The van der Waals surface area contributed by atoms with E-state index in [-0.39, 0.29) is 18.0 Å². The molecule has 1 atom stereocenters. The quantitative estimate of drug-likeness (QED) is 0.839. The number of likely N-dealkylation sites (tertiary alicyclic amines) is 1. The summed E-state index contributed by atoms with van der Waals surface area (Å²) in [6.45, 7) is 8.97. The predicted molar refractivity (Wildman–Crippen MR) is 110 cm³/mol. The Bertz CT molecular complexity index is 689. The van der Waals surface area contributed by atoms with E-state index in [2.05, 4.69) is 10.2 Å². The lowest BCUT2D eigenvalue weighted by Gasteiger charge is -2.27. The van der Waals surface area contributed by atoms with Crippen LogP contribution in [0.1, 0.15) is 24.0 Å². The number of rotatable bonds is 5. The van der Waals surface area contributed by atoms with Gasteiger partial charge in [0.15, 0.2) is 0 Å². The number of carbonyl (C=O) groups is 2. The van der Waals surface area contributed by atoms with Crippen LogP contribution in [0.25, 0.3) is 0 Å². The molecular formula is C21H32N4O3. The first kappa shape index (κ1) is 20.6. The molecule has 3 rings (SSSR count). The number of hydrogen-bond donors (Lipinski definition) is 1. The van der Waals surface area contributed by atoms with Crippen LogP contribution < -0.4 is 5.32 Å². The summed E-state index contributed by atoms with van der Waals surface area (Å²) in [5, 5.41) is 3.08. The van der Waals surface area contributed by atoms with E-state index >= 15 is 0 Å². The fraction of sp³-hybridized carbons (Fsp3) is 0.619. The number of urea groups is 1. The zero-order valence-electron chi connectivity index (χ0n) is 17.2. The monoisotopic (exact) mass is 388 g/mol. The van der Waals surface area contributed by atoms with Gasteiger partial charge in [0.05, 0.1) is 12.6 Å². The second-order valence-electron chi connectivity index (χ2n) is 7.70. The summed E-state index contributed by atoms with van der Waals surface area (Å²) in [5.41, 5.74) is 3.03. The standard InChI is InChI=1S/C21H32N4O3/c1-16-6-4-7-17(2)19(16)22-21(27)25-10-5-9-23(12-13-25)18-8-11-24(20(18)26)14-15-28-3/h4,6-7,18H,5,8-15H2,1-3H3,(H,22,27)/t18-/m0/s1. The molecule has 0 bridgehead atoms. The summed E-state index contributed by atoms with van der Waals surface area (Å²) in [7, 11) is 1.66. The van der Waals surface area contributed by atoms with Crippen molar-refractivity contribution in [2.24, 2.45) is 0 Å². The number of aryl methyl sites for hydroxylation is 2. The number of nitrogens with one attached hydrogen (secondary N) is 1. The van der Waals surface area contributed by atoms with Crippen molar-refractivity contribution in [1.29, 1.82) is 0 Å². The molecule has 2 heterocycles. The van der Waals surface area contributed by atoms with Crippen molar-refractivity contribution < 1.29 is 14.3 Å². The highest BCUT2D eigenvalue weighted by molar-refractivity contribution is 5.91. The van der Waals surface area contributed by atoms with Crippen LogP contribution in [0.2, 0.25) is 0 Å². The SMILES string of the molecule is COCCN1CC[C@H](N2CCCN(C(=O)Nc3c(C)cccc3C)CC2)C1=O. The highest BCUT2D eigenvalue weighted by Gasteiger charge is 2.36. The molecule has 2 aliphatic rings. The molecule has 0 aliphatic carbocycles. The van der Waals surface area contributed by atoms with Gasteiger partial charge in [-0.3, -0.25) is 9.69 Å². The molecule has 7 heteroatoms. The summed E-state index contributed by atoms with van der Waals surface area (Å²) >= 11 is 0. The minimum Gasteiger partial charge on any atom is -0.383 e. The summed E-state index contributed by atoms with van der Waals surface area (Å²) < 4.78 is 5.10. The van der Waals surface area contributed by atoms with E-state index in [1.165, 1.54) is 0 Å². The lowest BCUT2D eigenvalue weighted by atomic mass is 10.1. The Morgan fingerprint density at radius 2 is 1.89 bits per heavy atom. The Labute approximate surface area is 167 Å². The third-order valence-electron chi connectivity index (χ3n) is 5.81. The number of amides is 3. The minimum atomic E-state index is -0.0570. The Kier molecular flexibility index (Phi) is 6.91. The van der Waals surface area contributed by atoms with Crippen molar-refractivity contribution in [2.75, 3.05) is 58.3 Å². The van der Waals surface area contributed by atoms with Crippen molar-refractivity contribution in [2.45, 2.75) is 32.7 Å². The molecule has 2 saturated heterocycles. The van der Waals surface area contributed by atoms with Gasteiger partial charge in [-0.15, -0.1) is 0 Å². The van der Waals surface area contributed by atoms with Crippen LogP contribution in [-0.2, 0) is 9.53 Å². The van der Waals surface area contributed by atoms with E-state index < -0.39 is 0 Å². The Morgan fingerprint density at radius 3 is 2.61 bits per heavy atom. The first-order valence-electron chi connectivity index (χ1n) is 10.1. The van der Waals surface area contributed by atoms with E-state index in [4.69, 9.17) is 4.74 Å². The highest BCUT2D eigenvalue weighted by atomic mass is 16.5. The van der Waals surface area contributed by atoms with Gasteiger partial charge in [0.25, 0.3) is 0 Å². The van der Waals surface area contributed by atoms with Gasteiger partial charge in [-0.05, 0) is 37.8 Å². The van der Waals surface area contributed by atoms with Gasteiger partial charge in [-0.1, -0.05) is 18.2 Å². The molecule has 0 unspecified atom stereocenters. The average molecular weight is 389 g/mol. The molecule has 0 saturated carbocycles. The molecule has 0 aromatic heterocycles. The number of nitrogens with zero attached hydrogens (tertiary/aromatic N) is 3. The van der Waals surface area contributed by atoms with Crippen molar-refractivity contribution in [3.05, 3.63) is 29.3 Å². The van der Waals surface area contributed by atoms with Crippen molar-refractivity contribution >= 4 is 17.6 Å². The van der Waals surface area contributed by atoms with Gasteiger partial charge in [0.2, 0.25) is 5.91 Å². The van der Waals surface area contributed by atoms with Gasteiger partial charge < -0.3 is 19.9 Å². The molecule has 7 nitrogen and oxygen atoms in total. The van der Waals surface area contributed by atoms with Crippen LogP contribution in [0.3, 0.4) is 0 Å². The summed E-state index contributed by atoms with van der Waals surface area (Å²) in [5.74, 6) is 0.200. The van der Waals surface area contributed by atoms with Crippen molar-refractivity contribution in [3.8, 4) is 0 Å². The van der Waals surface area contributed by atoms with Gasteiger partial charge in [0, 0.05) is 52.1 Å². The molecular weight excluding hydrogens is 356 g/mol. The number of anilines is 1. The molecule has 0 spiro atoms. The Hall–Kier alpha value is -2.12. The molecule has 28 heavy (non-hydrogen) atoms. The van der Waals surface area contributed by atoms with Crippen LogP contribution in [-0.4, -0.2) is 85.7 Å². The summed E-state index contributed by atoms with van der Waals surface area (Å²) in [6.07, 6.45) is 1.74. The first-order chi connectivity index (χ1) is 13.5. The van der Waals surface area contributed by atoms with Gasteiger partial charge in [0.1, 0.15) is 0 Å². The second-order valence-corrected chi connectivity index (χ2v) is 7.70. The molecule has 154 valence electrons. The molecule has 1 aromatic carbocycles. The maximum Gasteiger partial charge on any atom is 0.321 e. The van der Waals surface area contributed by atoms with E-state index in [0.29, 0.717) is 26.2 Å². The van der Waals surface area contributed by atoms with Gasteiger partial charge in [-0.2, -0.15) is 0 Å². The minimum absolute atomic E-state index is 0.0567. The largest absolute Gasteiger partial charge is 0.383 e. The maximum atomic E-state index is 12.8. The number of hydrogen-bond acceptors (Lipinski definition) is 4. The smallest absolute Gasteiger partial charge is 0.321 e. The molecule has 3 amide bonds. The molecule has 2 fully saturated rings. The number of benzene rings is 1. The van der Waals surface area contributed by atoms with Crippen LogP contribution in [0, 0.1) is 13.8 Å². The van der Waals surface area contributed by atoms with E-state index in [0.717, 1.165) is 49.3 Å². The number of methoxy groups -OCH3 is 1. The van der Waals surface area contributed by atoms with Crippen molar-refractivity contribution in [1.82, 2.24) is 14.7 Å². The molecule has 1 aromatic rings. The Morgan fingerprint density at radius 1 is 1.14 bits per heavy atom. The van der Waals surface area contributed by atoms with E-state index in [1.54, 1.807) is 7.11 Å². The topological polar surface area (TPSA) is 65.1 Å². The predicted octanol–water partition coefficient (Wildman–Crippen LogP) is 2.09. The van der Waals surface area contributed by atoms with Crippen LogP contribution in [0.5, 0.6) is 0 Å². The fourth-order valence-electron chi connectivity index (χ4n) is 4.13. The summed E-state index contributed by atoms with van der Waals surface area (Å²) in [6, 6.07) is 5.90. The van der Waals surface area contributed by atoms with Crippen LogP contribution >= 0.6 is 0 Å². The molecule has 1 N–H and O–H groups in total. The summed E-state index contributed by atoms with van der Waals surface area (Å²) in [4.78, 5) is 31.5. The van der Waals surface area contributed by atoms with E-state index in [9.17, 15) is 9.59 Å². The van der Waals surface area contributed by atoms with Gasteiger partial charge >= 0.3 is 6.03 Å². The highest BCUT2D eigenvalue weighted by Crippen LogP contribution is 2.22. The zero-order chi connectivity index (χ0) is 20.1. The lowest BCUT2D eigenvalue weighted by molar-refractivity contribution is -0.132. The molecule has 2 aliphatic heterocycles. The normalized spacial score (nSPS) is 21.1. The number of para-hydroxylation sites is 1. The van der Waals surface area contributed by atoms with Crippen LogP contribution in [0.4, 0.5) is 10.5 Å². The van der Waals surface area contributed by atoms with Gasteiger partial charge in [-0.25, -0.2) is 4.79 Å². The van der Waals surface area contributed by atoms with E-state index in [1.807, 2.05) is 41.8 Å². The maximum absolute atomic E-state index is 12.8. The molecule has 0 radical (unpaired) electrons. The number of ether oxygens (including phenoxy) is 1. The number of carbonyl (C=O) groups excluding carboxylic acids is 2. The Balaban J connectivity index is 1.56. The fourth-order valence-corrected chi connectivity index (χ4v) is 4.13. The second kappa shape index (κ2) is 9.39. The third-order valence-corrected chi connectivity index (χ3v) is 5.81. The van der Waals surface area contributed by atoms with Crippen LogP contribution in [0.15, 0.2) is 18.2 Å².